The molecule has 112 valence electrons. The summed E-state index contributed by atoms with van der Waals surface area (Å²) in [6.07, 6.45) is 0. The van der Waals surface area contributed by atoms with Crippen molar-refractivity contribution in [3.63, 3.8) is 0 Å². The quantitative estimate of drug-likeness (QED) is 0.555. The van der Waals surface area contributed by atoms with Crippen molar-refractivity contribution in [1.82, 2.24) is 10.2 Å². The Morgan fingerprint density at radius 3 is 2.60 bits per heavy atom. The molecule has 1 aromatic rings. The molecule has 20 heavy (non-hydrogen) atoms. The summed E-state index contributed by atoms with van der Waals surface area (Å²) in [5, 5.41) is 2.87. The van der Waals surface area contributed by atoms with Crippen LogP contribution in [0.5, 0.6) is 0 Å². The van der Waals surface area contributed by atoms with Crippen LogP contribution in [0.1, 0.15) is 19.4 Å². The maximum atomic E-state index is 12.0. The molecule has 1 aromatic carbocycles. The lowest BCUT2D eigenvalue weighted by Gasteiger charge is -2.27. The molecule has 0 aliphatic rings. The number of hydrogen-bond donors (Lipinski definition) is 2. The Hall–Kier alpha value is -1.59. The fraction of sp³-hybridized carbons (Fsp3) is 0.533. The van der Waals surface area contributed by atoms with Gasteiger partial charge >= 0.3 is 0 Å². The monoisotopic (exact) mass is 279 g/mol. The second kappa shape index (κ2) is 8.55. The lowest BCUT2D eigenvalue weighted by Crippen LogP contribution is -2.45. The van der Waals surface area contributed by atoms with Gasteiger partial charge in [0.1, 0.15) is 0 Å². The van der Waals surface area contributed by atoms with Gasteiger partial charge in [-0.05, 0) is 31.2 Å². The molecule has 0 heterocycles. The highest BCUT2D eigenvalue weighted by atomic mass is 16.5. The average Bonchev–Trinajstić information content (AvgIpc) is 2.46. The topological polar surface area (TPSA) is 67.6 Å². The third-order valence-electron chi connectivity index (χ3n) is 3.30. The van der Waals surface area contributed by atoms with E-state index in [1.807, 2.05) is 31.2 Å². The maximum absolute atomic E-state index is 12.0. The molecule has 0 aromatic heterocycles. The van der Waals surface area contributed by atoms with Crippen LogP contribution in [0, 0.1) is 0 Å². The number of nitrogens with two attached hydrogens (primary N) is 1. The predicted molar refractivity (Wildman–Crippen MR) is 81.3 cm³/mol. The number of carbonyl (C=O) groups is 1. The Morgan fingerprint density at radius 2 is 2.05 bits per heavy atom. The zero-order valence-corrected chi connectivity index (χ0v) is 12.6. The maximum Gasteiger partial charge on any atom is 0.237 e. The van der Waals surface area contributed by atoms with E-state index >= 15 is 0 Å². The summed E-state index contributed by atoms with van der Waals surface area (Å²) >= 11 is 0. The molecule has 5 heteroatoms. The summed E-state index contributed by atoms with van der Waals surface area (Å²) in [6, 6.07) is 7.58. The highest BCUT2D eigenvalue weighted by Crippen LogP contribution is 2.11. The van der Waals surface area contributed by atoms with Crippen molar-refractivity contribution in [2.75, 3.05) is 32.5 Å². The molecule has 0 spiro atoms. The highest BCUT2D eigenvalue weighted by molar-refractivity contribution is 5.81. The first-order valence-electron chi connectivity index (χ1n) is 6.93. The molecule has 0 fully saturated rings. The molecule has 1 rings (SSSR count). The number of likely N-dealkylation sites (N-methyl/N-ethyl adjacent to an activating group) is 1. The number of nitrogens with zero attached hydrogens (tertiary/aromatic N) is 1. The molecule has 0 radical (unpaired) electrons. The van der Waals surface area contributed by atoms with Gasteiger partial charge in [0, 0.05) is 25.9 Å². The summed E-state index contributed by atoms with van der Waals surface area (Å²) in [5.74, 6) is 0.0272. The Bertz CT molecular complexity index is 406. The average molecular weight is 279 g/mol. The molecule has 3 N–H and O–H groups in total. The van der Waals surface area contributed by atoms with Crippen molar-refractivity contribution in [2.45, 2.75) is 26.4 Å². The number of carbonyl (C=O) groups excluding carboxylic acids is 1. The van der Waals surface area contributed by atoms with Gasteiger partial charge in [0.15, 0.2) is 0 Å². The minimum atomic E-state index is -0.172. The fourth-order valence-electron chi connectivity index (χ4n) is 1.97. The van der Waals surface area contributed by atoms with E-state index < -0.39 is 0 Å². The number of ether oxygens (including phenoxy) is 1. The van der Waals surface area contributed by atoms with E-state index in [2.05, 4.69) is 17.1 Å². The van der Waals surface area contributed by atoms with Crippen LogP contribution in [-0.4, -0.2) is 43.7 Å². The number of methoxy groups -OCH3 is 1. The fourth-order valence-corrected chi connectivity index (χ4v) is 1.97. The number of hydrogen-bond acceptors (Lipinski definition) is 4. The molecule has 1 amide bonds. The van der Waals surface area contributed by atoms with E-state index in [9.17, 15) is 4.79 Å². The molecule has 0 bridgehead atoms. The molecule has 1 unspecified atom stereocenters. The van der Waals surface area contributed by atoms with Crippen molar-refractivity contribution in [3.05, 3.63) is 29.8 Å². The van der Waals surface area contributed by atoms with Crippen LogP contribution in [0.15, 0.2) is 24.3 Å². The van der Waals surface area contributed by atoms with Crippen LogP contribution < -0.4 is 11.1 Å². The van der Waals surface area contributed by atoms with Crippen LogP contribution in [0.2, 0.25) is 0 Å². The lowest BCUT2D eigenvalue weighted by molar-refractivity contribution is -0.126. The van der Waals surface area contributed by atoms with Crippen LogP contribution >= 0.6 is 0 Å². The first-order valence-corrected chi connectivity index (χ1v) is 6.93. The molecule has 0 aliphatic heterocycles. The molecule has 0 aliphatic carbocycles. The van der Waals surface area contributed by atoms with Gasteiger partial charge in [0.05, 0.1) is 12.6 Å². The molecule has 5 nitrogen and oxygen atoms in total. The third kappa shape index (κ3) is 5.19. The van der Waals surface area contributed by atoms with Gasteiger partial charge in [0.25, 0.3) is 0 Å². The van der Waals surface area contributed by atoms with Crippen molar-refractivity contribution in [2.24, 2.45) is 0 Å². The summed E-state index contributed by atoms with van der Waals surface area (Å²) in [7, 11) is 1.62. The van der Waals surface area contributed by atoms with Gasteiger partial charge < -0.3 is 15.8 Å². The number of benzene rings is 1. The van der Waals surface area contributed by atoms with Gasteiger partial charge in [0.2, 0.25) is 5.91 Å². The van der Waals surface area contributed by atoms with E-state index in [4.69, 9.17) is 10.5 Å². The van der Waals surface area contributed by atoms with Crippen molar-refractivity contribution in [1.29, 1.82) is 0 Å². The zero-order valence-electron chi connectivity index (χ0n) is 12.6. The molecule has 1 atom stereocenters. The largest absolute Gasteiger partial charge is 0.399 e. The van der Waals surface area contributed by atoms with E-state index in [0.29, 0.717) is 13.2 Å². The number of anilines is 1. The number of nitrogens with one attached hydrogen (secondary N) is 1. The Kier molecular flexibility index (Phi) is 7.04. The zero-order chi connectivity index (χ0) is 15.0. The van der Waals surface area contributed by atoms with Gasteiger partial charge in [-0.25, -0.2) is 0 Å². The summed E-state index contributed by atoms with van der Waals surface area (Å²) in [6.45, 7) is 6.58. The predicted octanol–water partition coefficient (Wildman–Crippen LogP) is 1.24. The van der Waals surface area contributed by atoms with Gasteiger partial charge in [-0.3, -0.25) is 9.69 Å². The SMILES string of the molecule is CCN(Cc1ccc(N)cc1)C(C)C(=O)NCCOC. The summed E-state index contributed by atoms with van der Waals surface area (Å²) in [4.78, 5) is 14.2. The van der Waals surface area contributed by atoms with Crippen molar-refractivity contribution >= 4 is 11.6 Å². The van der Waals surface area contributed by atoms with Gasteiger partial charge in [-0.15, -0.1) is 0 Å². The Morgan fingerprint density at radius 1 is 1.40 bits per heavy atom. The Balaban J connectivity index is 2.55. The standard InChI is InChI=1S/C15H25N3O2/c1-4-18(11-13-5-7-14(16)8-6-13)12(2)15(19)17-9-10-20-3/h5-8,12H,4,9-11,16H2,1-3H3,(H,17,19). The van der Waals surface area contributed by atoms with Crippen molar-refractivity contribution < 1.29 is 9.53 Å². The first kappa shape index (κ1) is 16.5. The number of rotatable bonds is 8. The third-order valence-corrected chi connectivity index (χ3v) is 3.30. The van der Waals surface area contributed by atoms with E-state index in [1.54, 1.807) is 7.11 Å². The van der Waals surface area contributed by atoms with Crippen LogP contribution in [-0.2, 0) is 16.1 Å². The molecule has 0 saturated heterocycles. The van der Waals surface area contributed by atoms with Gasteiger partial charge in [-0.1, -0.05) is 19.1 Å². The van der Waals surface area contributed by atoms with E-state index in [1.165, 1.54) is 0 Å². The number of nitrogen functional groups attached to an aromatic ring is 1. The van der Waals surface area contributed by atoms with Crippen LogP contribution in [0.3, 0.4) is 0 Å². The smallest absolute Gasteiger partial charge is 0.237 e. The molecule has 0 saturated carbocycles. The van der Waals surface area contributed by atoms with Crippen LogP contribution in [0.25, 0.3) is 0 Å². The molecular formula is C15H25N3O2. The minimum absolute atomic E-state index is 0.0272. The minimum Gasteiger partial charge on any atom is -0.399 e. The summed E-state index contributed by atoms with van der Waals surface area (Å²) in [5.41, 5.74) is 7.58. The summed E-state index contributed by atoms with van der Waals surface area (Å²) < 4.78 is 4.93. The van der Waals surface area contributed by atoms with E-state index in [-0.39, 0.29) is 11.9 Å². The first-order chi connectivity index (χ1) is 9.58. The van der Waals surface area contributed by atoms with Crippen LogP contribution in [0.4, 0.5) is 5.69 Å². The normalized spacial score (nSPS) is 12.4. The number of amides is 1. The highest BCUT2D eigenvalue weighted by Gasteiger charge is 2.19. The second-order valence-electron chi connectivity index (χ2n) is 4.76. The second-order valence-corrected chi connectivity index (χ2v) is 4.76. The lowest BCUT2D eigenvalue weighted by atomic mass is 10.1. The Labute approximate surface area is 121 Å². The van der Waals surface area contributed by atoms with Crippen molar-refractivity contribution in [3.8, 4) is 0 Å². The van der Waals surface area contributed by atoms with E-state index in [0.717, 1.165) is 24.3 Å². The molecular weight excluding hydrogens is 254 g/mol. The van der Waals surface area contributed by atoms with Gasteiger partial charge in [-0.2, -0.15) is 0 Å².